The van der Waals surface area contributed by atoms with E-state index in [0.717, 1.165) is 67.6 Å². The quantitative estimate of drug-likeness (QED) is 0.530. The van der Waals surface area contributed by atoms with Crippen LogP contribution in [0.5, 0.6) is 5.75 Å². The van der Waals surface area contributed by atoms with E-state index in [1.54, 1.807) is 29.5 Å². The number of rotatable bonds is 8. The Kier molecular flexibility index (Phi) is 7.94. The number of piperidine rings is 1. The number of carboxylic acid groups (broad SMARTS) is 1. The van der Waals surface area contributed by atoms with Gasteiger partial charge >= 0.3 is 5.97 Å². The first kappa shape index (κ1) is 23.8. The van der Waals surface area contributed by atoms with E-state index in [1.165, 1.54) is 0 Å². The predicted octanol–water partition coefficient (Wildman–Crippen LogP) is 4.33. The maximum atomic E-state index is 11.0. The van der Waals surface area contributed by atoms with Gasteiger partial charge in [-0.15, -0.1) is 0 Å². The van der Waals surface area contributed by atoms with Crippen molar-refractivity contribution in [3.8, 4) is 5.75 Å². The van der Waals surface area contributed by atoms with Crippen molar-refractivity contribution in [2.75, 3.05) is 50.9 Å². The van der Waals surface area contributed by atoms with E-state index in [2.05, 4.69) is 30.7 Å². The summed E-state index contributed by atoms with van der Waals surface area (Å²) in [5.41, 5.74) is 0.725. The zero-order valence-corrected chi connectivity index (χ0v) is 20.9. The van der Waals surface area contributed by atoms with Crippen LogP contribution in [0.15, 0.2) is 28.2 Å². The lowest BCUT2D eigenvalue weighted by molar-refractivity contribution is -0.136. The highest BCUT2D eigenvalue weighted by atomic mass is 79.9. The van der Waals surface area contributed by atoms with Crippen molar-refractivity contribution in [3.05, 3.63) is 38.8 Å². The molecule has 10 heteroatoms. The molecule has 1 aromatic carbocycles. The van der Waals surface area contributed by atoms with E-state index in [9.17, 15) is 4.79 Å². The molecule has 0 unspecified atom stereocenters. The molecule has 2 aliphatic heterocycles. The lowest BCUT2D eigenvalue weighted by Crippen LogP contribution is -2.59. The normalized spacial score (nSPS) is 19.1. The fourth-order valence-electron chi connectivity index (χ4n) is 4.56. The van der Waals surface area contributed by atoms with Crippen LogP contribution in [0, 0.1) is 0 Å². The summed E-state index contributed by atoms with van der Waals surface area (Å²) in [5, 5.41) is 10.6. The van der Waals surface area contributed by atoms with Crippen molar-refractivity contribution in [2.45, 2.75) is 31.2 Å². The Hall–Kier alpha value is -1.39. The van der Waals surface area contributed by atoms with Gasteiger partial charge in [0, 0.05) is 31.7 Å². The molecule has 0 bridgehead atoms. The highest BCUT2D eigenvalue weighted by Crippen LogP contribution is 2.37. The molecule has 0 amide bonds. The Morgan fingerprint density at radius 1 is 1.28 bits per heavy atom. The molecular formula is C22H27BrClN3O4S. The maximum Gasteiger partial charge on any atom is 0.307 e. The van der Waals surface area contributed by atoms with Gasteiger partial charge in [0.2, 0.25) is 0 Å². The summed E-state index contributed by atoms with van der Waals surface area (Å²) in [6, 6.07) is 5.17. The number of thiazole rings is 1. The van der Waals surface area contributed by atoms with Crippen molar-refractivity contribution in [3.63, 3.8) is 0 Å². The number of anilines is 1. The smallest absolute Gasteiger partial charge is 0.307 e. The summed E-state index contributed by atoms with van der Waals surface area (Å²) < 4.78 is 12.7. The number of halogens is 2. The van der Waals surface area contributed by atoms with Crippen LogP contribution in [0.3, 0.4) is 0 Å². The summed E-state index contributed by atoms with van der Waals surface area (Å²) in [4.78, 5) is 20.5. The third-order valence-corrected chi connectivity index (χ3v) is 8.14. The summed E-state index contributed by atoms with van der Waals surface area (Å²) in [7, 11) is 0. The Morgan fingerprint density at radius 3 is 2.69 bits per heavy atom. The third kappa shape index (κ3) is 5.75. The zero-order valence-electron chi connectivity index (χ0n) is 17.8. The van der Waals surface area contributed by atoms with Crippen LogP contribution in [-0.4, -0.2) is 72.5 Å². The highest BCUT2D eigenvalue weighted by molar-refractivity contribution is 9.11. The van der Waals surface area contributed by atoms with Gasteiger partial charge in [-0.25, -0.2) is 4.98 Å². The molecule has 2 aliphatic rings. The Morgan fingerprint density at radius 2 is 2.03 bits per heavy atom. The van der Waals surface area contributed by atoms with E-state index < -0.39 is 5.97 Å². The molecule has 2 saturated heterocycles. The molecule has 32 heavy (non-hydrogen) atoms. The largest absolute Gasteiger partial charge is 0.492 e. The van der Waals surface area contributed by atoms with E-state index in [0.29, 0.717) is 22.9 Å². The molecule has 174 valence electrons. The van der Waals surface area contributed by atoms with E-state index in [-0.39, 0.29) is 12.0 Å². The van der Waals surface area contributed by atoms with Gasteiger partial charge in [0.15, 0.2) is 5.13 Å². The molecule has 1 aromatic heterocycles. The minimum absolute atomic E-state index is 0.0416. The van der Waals surface area contributed by atoms with Gasteiger partial charge in [0.1, 0.15) is 5.75 Å². The zero-order chi connectivity index (χ0) is 22.6. The second-order valence-electron chi connectivity index (χ2n) is 8.19. The summed E-state index contributed by atoms with van der Waals surface area (Å²) in [6.07, 6.45) is 4.75. The number of nitrogens with zero attached hydrogens (tertiary/aromatic N) is 3. The lowest BCUT2D eigenvalue weighted by Gasteiger charge is -2.50. The molecule has 2 fully saturated rings. The summed E-state index contributed by atoms with van der Waals surface area (Å²) >= 11 is 11.5. The van der Waals surface area contributed by atoms with Gasteiger partial charge in [-0.2, -0.15) is 0 Å². The monoisotopic (exact) mass is 543 g/mol. The van der Waals surface area contributed by atoms with Crippen LogP contribution in [-0.2, 0) is 16.0 Å². The number of aromatic nitrogens is 1. The number of ether oxygens (including phenoxy) is 2. The first-order valence-corrected chi connectivity index (χ1v) is 12.8. The molecule has 2 aromatic rings. The molecule has 4 rings (SSSR count). The van der Waals surface area contributed by atoms with E-state index in [1.807, 2.05) is 6.20 Å². The summed E-state index contributed by atoms with van der Waals surface area (Å²) in [6.45, 7) is 5.80. The molecule has 0 spiro atoms. The number of hydrogen-bond donors (Lipinski definition) is 1. The number of carbonyl (C=O) groups is 1. The van der Waals surface area contributed by atoms with Crippen molar-refractivity contribution in [1.82, 2.24) is 9.88 Å². The Bertz CT molecular complexity index is 930. The van der Waals surface area contributed by atoms with Crippen molar-refractivity contribution < 1.29 is 19.4 Å². The Balaban J connectivity index is 1.42. The average Bonchev–Trinajstić information content (AvgIpc) is 3.23. The minimum Gasteiger partial charge on any atom is -0.492 e. The van der Waals surface area contributed by atoms with Crippen LogP contribution in [0.2, 0.25) is 5.02 Å². The Labute approximate surface area is 205 Å². The first-order chi connectivity index (χ1) is 15.4. The van der Waals surface area contributed by atoms with Crippen LogP contribution < -0.4 is 9.64 Å². The molecule has 0 atom stereocenters. The molecule has 0 radical (unpaired) electrons. The fourth-order valence-corrected chi connectivity index (χ4v) is 5.97. The van der Waals surface area contributed by atoms with Gasteiger partial charge in [-0.1, -0.05) is 29.0 Å². The third-order valence-electron chi connectivity index (χ3n) is 6.29. The van der Waals surface area contributed by atoms with Crippen molar-refractivity contribution >= 4 is 50.0 Å². The number of hydrogen-bond acceptors (Lipinski definition) is 7. The standard InChI is InChI=1S/C22H27BrClN3O4S/c23-19-15-25-21(32-19)26-6-3-22(4-7-26,27-8-11-30-12-9-27)5-10-31-18-13-16(14-20(28)29)1-2-17(18)24/h1-2,13,15H,3-12,14H2,(H,28,29). The van der Waals surface area contributed by atoms with Gasteiger partial charge < -0.3 is 19.5 Å². The molecule has 1 N–H and O–H groups in total. The molecule has 0 saturated carbocycles. The van der Waals surface area contributed by atoms with E-state index >= 15 is 0 Å². The van der Waals surface area contributed by atoms with Crippen molar-refractivity contribution in [2.24, 2.45) is 0 Å². The first-order valence-electron chi connectivity index (χ1n) is 10.8. The summed E-state index contributed by atoms with van der Waals surface area (Å²) in [5.74, 6) is -0.323. The second-order valence-corrected chi connectivity index (χ2v) is 11.0. The lowest BCUT2D eigenvalue weighted by atomic mass is 9.82. The van der Waals surface area contributed by atoms with Crippen LogP contribution in [0.25, 0.3) is 0 Å². The fraction of sp³-hybridized carbons (Fsp3) is 0.545. The maximum absolute atomic E-state index is 11.0. The number of benzene rings is 1. The van der Waals surface area contributed by atoms with Crippen molar-refractivity contribution in [1.29, 1.82) is 0 Å². The van der Waals surface area contributed by atoms with Gasteiger partial charge in [0.05, 0.1) is 41.2 Å². The van der Waals surface area contributed by atoms with Gasteiger partial charge in [-0.3, -0.25) is 9.69 Å². The SMILES string of the molecule is O=C(O)Cc1ccc(Cl)c(OCCC2(N3CCOCC3)CCN(c3ncc(Br)s3)CC2)c1. The van der Waals surface area contributed by atoms with Gasteiger partial charge in [-0.05, 0) is 52.9 Å². The van der Waals surface area contributed by atoms with Crippen LogP contribution in [0.4, 0.5) is 5.13 Å². The van der Waals surface area contributed by atoms with Crippen LogP contribution >= 0.6 is 38.9 Å². The topological polar surface area (TPSA) is 75.1 Å². The van der Waals surface area contributed by atoms with Gasteiger partial charge in [0.25, 0.3) is 0 Å². The highest BCUT2D eigenvalue weighted by Gasteiger charge is 2.40. The number of aliphatic carboxylic acids is 1. The van der Waals surface area contributed by atoms with E-state index in [4.69, 9.17) is 26.2 Å². The number of carboxylic acids is 1. The average molecular weight is 545 g/mol. The second kappa shape index (κ2) is 10.7. The predicted molar refractivity (Wildman–Crippen MR) is 129 cm³/mol. The molecule has 3 heterocycles. The minimum atomic E-state index is -0.872. The van der Waals surface area contributed by atoms with Crippen LogP contribution in [0.1, 0.15) is 24.8 Å². The molecule has 0 aliphatic carbocycles. The number of morpholine rings is 1. The molecule has 7 nitrogen and oxygen atoms in total. The molecular weight excluding hydrogens is 518 g/mol.